The fraction of sp³-hybridized carbons (Fsp3) is 0.438. The largest absolute Gasteiger partial charge is 0.338 e. The minimum absolute atomic E-state index is 0.0216. The van der Waals surface area contributed by atoms with E-state index in [1.165, 1.54) is 10.9 Å². The van der Waals surface area contributed by atoms with Gasteiger partial charge in [-0.2, -0.15) is 0 Å². The highest BCUT2D eigenvalue weighted by atomic mass is 79.9. The summed E-state index contributed by atoms with van der Waals surface area (Å²) in [6, 6.07) is 5.87. The molecule has 1 saturated heterocycles. The number of nitrogens with zero attached hydrogens (tertiary/aromatic N) is 3. The van der Waals surface area contributed by atoms with Crippen molar-refractivity contribution in [3.8, 4) is 0 Å². The van der Waals surface area contributed by atoms with Crippen LogP contribution in [0.3, 0.4) is 0 Å². The monoisotopic (exact) mass is 378 g/mol. The van der Waals surface area contributed by atoms with E-state index in [1.54, 1.807) is 12.1 Å². The fourth-order valence-electron chi connectivity index (χ4n) is 3.02. The van der Waals surface area contributed by atoms with E-state index in [-0.39, 0.29) is 30.1 Å². The molecular formula is C16H19BrN4O2. The summed E-state index contributed by atoms with van der Waals surface area (Å²) in [7, 11) is 0. The van der Waals surface area contributed by atoms with Crippen LogP contribution in [0.25, 0.3) is 10.9 Å². The average molecular weight is 379 g/mol. The van der Waals surface area contributed by atoms with Gasteiger partial charge in [-0.05, 0) is 32.0 Å². The molecule has 0 radical (unpaired) electrons. The quantitative estimate of drug-likeness (QED) is 0.856. The van der Waals surface area contributed by atoms with Gasteiger partial charge in [0.05, 0.1) is 17.2 Å². The van der Waals surface area contributed by atoms with Crippen LogP contribution in [0.15, 0.2) is 33.8 Å². The number of benzene rings is 1. The lowest BCUT2D eigenvalue weighted by atomic mass is 10.1. The molecule has 1 fully saturated rings. The van der Waals surface area contributed by atoms with Crippen molar-refractivity contribution < 1.29 is 4.79 Å². The lowest BCUT2D eigenvalue weighted by Crippen LogP contribution is -2.56. The van der Waals surface area contributed by atoms with E-state index in [9.17, 15) is 9.59 Å². The molecule has 1 aliphatic heterocycles. The molecule has 0 unspecified atom stereocenters. The molecule has 1 aromatic heterocycles. The topological polar surface area (TPSA) is 67.2 Å². The van der Waals surface area contributed by atoms with Gasteiger partial charge in [0, 0.05) is 29.6 Å². The summed E-state index contributed by atoms with van der Waals surface area (Å²) in [5.74, 6) is -0.0524. The maximum absolute atomic E-state index is 12.5. The number of nitrogens with one attached hydrogen (secondary N) is 1. The van der Waals surface area contributed by atoms with Gasteiger partial charge in [-0.1, -0.05) is 15.9 Å². The van der Waals surface area contributed by atoms with Crippen molar-refractivity contribution in [3.63, 3.8) is 0 Å². The van der Waals surface area contributed by atoms with Gasteiger partial charge in [-0.25, -0.2) is 4.98 Å². The van der Waals surface area contributed by atoms with Crippen LogP contribution in [-0.4, -0.2) is 45.5 Å². The summed E-state index contributed by atoms with van der Waals surface area (Å²) in [6.45, 7) is 5.44. The Bertz CT molecular complexity index is 794. The second-order valence-electron chi connectivity index (χ2n) is 6.11. The molecule has 122 valence electrons. The molecule has 1 aliphatic rings. The third-order valence-corrected chi connectivity index (χ3v) is 4.50. The number of carbonyl (C=O) groups is 1. The van der Waals surface area contributed by atoms with E-state index in [0.29, 0.717) is 24.0 Å². The number of amides is 1. The summed E-state index contributed by atoms with van der Waals surface area (Å²) in [6.07, 6.45) is 1.45. The van der Waals surface area contributed by atoms with Crippen LogP contribution in [0.1, 0.15) is 13.8 Å². The minimum atomic E-state index is -0.194. The maximum Gasteiger partial charge on any atom is 0.261 e. The molecule has 0 aliphatic carbocycles. The van der Waals surface area contributed by atoms with Gasteiger partial charge in [0.1, 0.15) is 6.54 Å². The van der Waals surface area contributed by atoms with Gasteiger partial charge in [0.15, 0.2) is 0 Å². The first-order valence-electron chi connectivity index (χ1n) is 7.62. The van der Waals surface area contributed by atoms with E-state index in [2.05, 4.69) is 40.1 Å². The Morgan fingerprint density at radius 1 is 1.35 bits per heavy atom. The SMILES string of the molecule is C[C@H]1CN(C(=O)Cn2cnc3ccc(Br)cc3c2=O)C[C@H](C)N1. The van der Waals surface area contributed by atoms with Crippen molar-refractivity contribution in [2.45, 2.75) is 32.5 Å². The van der Waals surface area contributed by atoms with E-state index in [4.69, 9.17) is 0 Å². The van der Waals surface area contributed by atoms with E-state index in [0.717, 1.165) is 4.47 Å². The van der Waals surface area contributed by atoms with E-state index >= 15 is 0 Å². The summed E-state index contributed by atoms with van der Waals surface area (Å²) >= 11 is 3.36. The van der Waals surface area contributed by atoms with Crippen LogP contribution < -0.4 is 10.9 Å². The number of hydrogen-bond acceptors (Lipinski definition) is 4. The Morgan fingerprint density at radius 2 is 2.04 bits per heavy atom. The molecule has 0 saturated carbocycles. The number of halogens is 1. The third kappa shape index (κ3) is 3.45. The second-order valence-corrected chi connectivity index (χ2v) is 7.02. The van der Waals surface area contributed by atoms with Gasteiger partial charge >= 0.3 is 0 Å². The van der Waals surface area contributed by atoms with Crippen LogP contribution in [-0.2, 0) is 11.3 Å². The van der Waals surface area contributed by atoms with Gasteiger partial charge in [0.25, 0.3) is 5.56 Å². The Morgan fingerprint density at radius 3 is 2.74 bits per heavy atom. The number of fused-ring (bicyclic) bond motifs is 1. The van der Waals surface area contributed by atoms with Crippen LogP contribution in [0.4, 0.5) is 0 Å². The molecule has 6 nitrogen and oxygen atoms in total. The number of carbonyl (C=O) groups excluding carboxylic acids is 1. The van der Waals surface area contributed by atoms with Crippen molar-refractivity contribution >= 4 is 32.7 Å². The third-order valence-electron chi connectivity index (χ3n) is 4.00. The Labute approximate surface area is 142 Å². The highest BCUT2D eigenvalue weighted by Gasteiger charge is 2.25. The zero-order valence-electron chi connectivity index (χ0n) is 13.1. The summed E-state index contributed by atoms with van der Waals surface area (Å²) < 4.78 is 2.20. The van der Waals surface area contributed by atoms with E-state index in [1.807, 2.05) is 11.0 Å². The molecule has 7 heteroatoms. The maximum atomic E-state index is 12.5. The first-order valence-corrected chi connectivity index (χ1v) is 8.42. The minimum Gasteiger partial charge on any atom is -0.338 e. The van der Waals surface area contributed by atoms with Gasteiger partial charge in [-0.15, -0.1) is 0 Å². The Balaban J connectivity index is 1.85. The highest BCUT2D eigenvalue weighted by Crippen LogP contribution is 2.15. The predicted octanol–water partition coefficient (Wildman–Crippen LogP) is 1.37. The molecule has 1 amide bonds. The van der Waals surface area contributed by atoms with Crippen LogP contribution in [0.2, 0.25) is 0 Å². The lowest BCUT2D eigenvalue weighted by Gasteiger charge is -2.36. The van der Waals surface area contributed by atoms with Crippen molar-refractivity contribution in [1.82, 2.24) is 19.8 Å². The highest BCUT2D eigenvalue weighted by molar-refractivity contribution is 9.10. The van der Waals surface area contributed by atoms with Crippen LogP contribution in [0.5, 0.6) is 0 Å². The van der Waals surface area contributed by atoms with Crippen molar-refractivity contribution in [2.24, 2.45) is 0 Å². The molecule has 0 bridgehead atoms. The molecule has 1 aromatic carbocycles. The zero-order chi connectivity index (χ0) is 16.6. The molecule has 0 spiro atoms. The number of hydrogen-bond donors (Lipinski definition) is 1. The predicted molar refractivity (Wildman–Crippen MR) is 92.3 cm³/mol. The molecule has 1 N–H and O–H groups in total. The molecule has 23 heavy (non-hydrogen) atoms. The van der Waals surface area contributed by atoms with Crippen molar-refractivity contribution in [3.05, 3.63) is 39.4 Å². The van der Waals surface area contributed by atoms with Crippen LogP contribution >= 0.6 is 15.9 Å². The standard InChI is InChI=1S/C16H19BrN4O2/c1-10-6-20(7-11(2)19-10)15(22)8-21-9-18-14-4-3-12(17)5-13(14)16(21)23/h3-5,9-11,19H,6-8H2,1-2H3/t10-,11-/m0/s1. The normalized spacial score (nSPS) is 21.6. The van der Waals surface area contributed by atoms with Crippen molar-refractivity contribution in [1.29, 1.82) is 0 Å². The fourth-order valence-corrected chi connectivity index (χ4v) is 3.38. The Hall–Kier alpha value is -1.73. The number of aromatic nitrogens is 2. The molecule has 2 aromatic rings. The average Bonchev–Trinajstić information content (AvgIpc) is 2.49. The number of piperazine rings is 1. The smallest absolute Gasteiger partial charge is 0.261 e. The molecular weight excluding hydrogens is 360 g/mol. The summed E-state index contributed by atoms with van der Waals surface area (Å²) in [5.41, 5.74) is 0.437. The zero-order valence-corrected chi connectivity index (χ0v) is 14.7. The second kappa shape index (κ2) is 6.41. The van der Waals surface area contributed by atoms with Crippen LogP contribution in [0, 0.1) is 0 Å². The van der Waals surface area contributed by atoms with Gasteiger partial charge in [-0.3, -0.25) is 14.2 Å². The van der Waals surface area contributed by atoms with Gasteiger partial charge in [0.2, 0.25) is 5.91 Å². The first kappa shape index (κ1) is 16.1. The molecule has 3 rings (SSSR count). The number of rotatable bonds is 2. The first-order chi connectivity index (χ1) is 10.9. The van der Waals surface area contributed by atoms with E-state index < -0.39 is 0 Å². The molecule has 2 heterocycles. The summed E-state index contributed by atoms with van der Waals surface area (Å²) in [4.78, 5) is 31.1. The van der Waals surface area contributed by atoms with Gasteiger partial charge < -0.3 is 10.2 Å². The van der Waals surface area contributed by atoms with Crippen molar-refractivity contribution in [2.75, 3.05) is 13.1 Å². The molecule has 2 atom stereocenters. The summed E-state index contributed by atoms with van der Waals surface area (Å²) in [5, 5.41) is 3.90. The lowest BCUT2D eigenvalue weighted by molar-refractivity contribution is -0.133. The Kier molecular flexibility index (Phi) is 4.50.